The summed E-state index contributed by atoms with van der Waals surface area (Å²) >= 11 is 0. The van der Waals surface area contributed by atoms with Gasteiger partial charge < -0.3 is 4.90 Å². The zero-order valence-corrected chi connectivity index (χ0v) is 11.1. The smallest absolute Gasteiger partial charge is 0.233 e. The van der Waals surface area contributed by atoms with E-state index in [0.717, 1.165) is 32.4 Å². The first-order chi connectivity index (χ1) is 8.77. The highest BCUT2D eigenvalue weighted by atomic mass is 16.2. The number of unbranched alkanes of at least 4 members (excludes halogenated alkanes) is 2. The number of nitrogens with two attached hydrogens (primary N) is 1. The molecule has 4 nitrogen and oxygen atoms in total. The van der Waals surface area contributed by atoms with Crippen LogP contribution in [-0.2, 0) is 4.79 Å². The molecule has 0 unspecified atom stereocenters. The van der Waals surface area contributed by atoms with Crippen LogP contribution in [-0.4, -0.2) is 19.0 Å². The maximum absolute atomic E-state index is 10.9. The van der Waals surface area contributed by atoms with Crippen LogP contribution in [0.4, 0.5) is 5.69 Å². The number of carbonyl (C=O) groups excluding carboxylic acids is 1. The van der Waals surface area contributed by atoms with Gasteiger partial charge in [-0.3, -0.25) is 10.2 Å². The van der Waals surface area contributed by atoms with Gasteiger partial charge in [-0.25, -0.2) is 5.84 Å². The summed E-state index contributed by atoms with van der Waals surface area (Å²) in [6.45, 7) is 4.20. The van der Waals surface area contributed by atoms with Crippen LogP contribution in [0.25, 0.3) is 0 Å². The predicted octanol–water partition coefficient (Wildman–Crippen LogP) is 2.06. The van der Waals surface area contributed by atoms with E-state index in [0.29, 0.717) is 6.42 Å². The second-order valence-corrected chi connectivity index (χ2v) is 4.29. The molecular weight excluding hydrogens is 226 g/mol. The predicted molar refractivity (Wildman–Crippen MR) is 75.1 cm³/mol. The van der Waals surface area contributed by atoms with Gasteiger partial charge in [0.2, 0.25) is 5.91 Å². The van der Waals surface area contributed by atoms with Crippen molar-refractivity contribution in [3.05, 3.63) is 30.3 Å². The van der Waals surface area contributed by atoms with Gasteiger partial charge in [0.25, 0.3) is 0 Å². The molecule has 0 bridgehead atoms. The Balaban J connectivity index is 2.23. The third-order valence-corrected chi connectivity index (χ3v) is 3.00. The zero-order chi connectivity index (χ0) is 13.2. The van der Waals surface area contributed by atoms with Crippen LogP contribution in [0.15, 0.2) is 30.3 Å². The molecule has 0 aliphatic carbocycles. The number of carbonyl (C=O) groups is 1. The van der Waals surface area contributed by atoms with Gasteiger partial charge in [0.15, 0.2) is 0 Å². The normalized spacial score (nSPS) is 10.1. The highest BCUT2D eigenvalue weighted by Gasteiger charge is 2.03. The van der Waals surface area contributed by atoms with Crippen LogP contribution >= 0.6 is 0 Å². The van der Waals surface area contributed by atoms with Gasteiger partial charge in [-0.15, -0.1) is 0 Å². The van der Waals surface area contributed by atoms with E-state index in [4.69, 9.17) is 5.84 Å². The molecule has 0 spiro atoms. The van der Waals surface area contributed by atoms with Crippen LogP contribution in [0, 0.1) is 0 Å². The minimum absolute atomic E-state index is 0.0783. The molecule has 18 heavy (non-hydrogen) atoms. The number of hydrogen-bond donors (Lipinski definition) is 2. The zero-order valence-electron chi connectivity index (χ0n) is 11.1. The standard InChI is InChI=1S/C14H23N3O/c1-2-17(13-9-5-3-6-10-13)12-8-4-7-11-14(18)16-15/h3,5-6,9-10H,2,4,7-8,11-12,15H2,1H3,(H,16,18). The van der Waals surface area contributed by atoms with Gasteiger partial charge in [0, 0.05) is 25.2 Å². The van der Waals surface area contributed by atoms with E-state index in [9.17, 15) is 4.79 Å². The molecule has 0 radical (unpaired) electrons. The molecule has 0 atom stereocenters. The van der Waals surface area contributed by atoms with E-state index >= 15 is 0 Å². The van der Waals surface area contributed by atoms with Crippen LogP contribution in [0.5, 0.6) is 0 Å². The average molecular weight is 249 g/mol. The fourth-order valence-corrected chi connectivity index (χ4v) is 1.95. The van der Waals surface area contributed by atoms with Gasteiger partial charge in [-0.05, 0) is 31.9 Å². The third-order valence-electron chi connectivity index (χ3n) is 3.00. The molecule has 1 aromatic carbocycles. The van der Waals surface area contributed by atoms with Crippen molar-refractivity contribution in [2.24, 2.45) is 5.84 Å². The summed E-state index contributed by atoms with van der Waals surface area (Å²) in [7, 11) is 0. The van der Waals surface area contributed by atoms with E-state index in [-0.39, 0.29) is 5.91 Å². The van der Waals surface area contributed by atoms with Crippen LogP contribution in [0.2, 0.25) is 0 Å². The molecule has 4 heteroatoms. The summed E-state index contributed by atoms with van der Waals surface area (Å²) in [6.07, 6.45) is 3.57. The number of nitrogens with one attached hydrogen (secondary N) is 1. The first-order valence-electron chi connectivity index (χ1n) is 6.57. The van der Waals surface area contributed by atoms with Crippen molar-refractivity contribution in [2.75, 3.05) is 18.0 Å². The van der Waals surface area contributed by atoms with Crippen molar-refractivity contribution in [2.45, 2.75) is 32.6 Å². The number of nitrogens with zero attached hydrogens (tertiary/aromatic N) is 1. The summed E-state index contributed by atoms with van der Waals surface area (Å²) in [5.41, 5.74) is 3.42. The van der Waals surface area contributed by atoms with Crippen molar-refractivity contribution in [1.29, 1.82) is 0 Å². The number of para-hydroxylation sites is 1. The molecule has 0 saturated carbocycles. The summed E-state index contributed by atoms with van der Waals surface area (Å²) in [6, 6.07) is 10.4. The van der Waals surface area contributed by atoms with Crippen molar-refractivity contribution in [1.82, 2.24) is 5.43 Å². The Labute approximate surface area is 109 Å². The number of amides is 1. The molecular formula is C14H23N3O. The Morgan fingerprint density at radius 1 is 1.22 bits per heavy atom. The summed E-state index contributed by atoms with van der Waals surface area (Å²) in [5, 5.41) is 0. The SMILES string of the molecule is CCN(CCCCCC(=O)NN)c1ccccc1. The Hall–Kier alpha value is -1.55. The van der Waals surface area contributed by atoms with Crippen LogP contribution in [0.3, 0.4) is 0 Å². The maximum Gasteiger partial charge on any atom is 0.233 e. The molecule has 0 aromatic heterocycles. The molecule has 1 aromatic rings. The average Bonchev–Trinajstić information content (AvgIpc) is 2.43. The second kappa shape index (κ2) is 8.53. The van der Waals surface area contributed by atoms with Crippen LogP contribution < -0.4 is 16.2 Å². The first kappa shape index (κ1) is 14.5. The highest BCUT2D eigenvalue weighted by molar-refractivity contribution is 5.75. The van der Waals surface area contributed by atoms with E-state index in [2.05, 4.69) is 41.5 Å². The molecule has 1 rings (SSSR count). The monoisotopic (exact) mass is 249 g/mol. The first-order valence-corrected chi connectivity index (χ1v) is 6.57. The number of benzene rings is 1. The lowest BCUT2D eigenvalue weighted by Crippen LogP contribution is -2.29. The number of anilines is 1. The van der Waals surface area contributed by atoms with Crippen molar-refractivity contribution < 1.29 is 4.79 Å². The molecule has 0 aliphatic rings. The lowest BCUT2D eigenvalue weighted by atomic mass is 10.1. The molecule has 1 amide bonds. The fourth-order valence-electron chi connectivity index (χ4n) is 1.95. The highest BCUT2D eigenvalue weighted by Crippen LogP contribution is 2.14. The number of hydrazine groups is 1. The van der Waals surface area contributed by atoms with Gasteiger partial charge in [0.1, 0.15) is 0 Å². The van der Waals surface area contributed by atoms with Gasteiger partial charge in [-0.1, -0.05) is 24.6 Å². The van der Waals surface area contributed by atoms with E-state index in [1.54, 1.807) is 0 Å². The summed E-state index contributed by atoms with van der Waals surface area (Å²) in [4.78, 5) is 13.3. The van der Waals surface area contributed by atoms with Gasteiger partial charge >= 0.3 is 0 Å². The quantitative estimate of drug-likeness (QED) is 0.321. The van der Waals surface area contributed by atoms with Gasteiger partial charge in [-0.2, -0.15) is 0 Å². The minimum Gasteiger partial charge on any atom is -0.372 e. The molecule has 0 aliphatic heterocycles. The Bertz CT molecular complexity index is 340. The number of rotatable bonds is 8. The minimum atomic E-state index is -0.0783. The summed E-state index contributed by atoms with van der Waals surface area (Å²) < 4.78 is 0. The maximum atomic E-state index is 10.9. The Morgan fingerprint density at radius 3 is 2.56 bits per heavy atom. The fraction of sp³-hybridized carbons (Fsp3) is 0.500. The molecule has 0 heterocycles. The van der Waals surface area contributed by atoms with Crippen molar-refractivity contribution >= 4 is 11.6 Å². The molecule has 0 fully saturated rings. The van der Waals surface area contributed by atoms with E-state index in [1.807, 2.05) is 6.07 Å². The topological polar surface area (TPSA) is 58.4 Å². The summed E-state index contributed by atoms with van der Waals surface area (Å²) in [5.74, 6) is 4.95. The van der Waals surface area contributed by atoms with Crippen LogP contribution in [0.1, 0.15) is 32.6 Å². The molecule has 100 valence electrons. The number of hydrogen-bond acceptors (Lipinski definition) is 3. The van der Waals surface area contributed by atoms with E-state index < -0.39 is 0 Å². The molecule has 0 saturated heterocycles. The molecule has 3 N–H and O–H groups in total. The van der Waals surface area contributed by atoms with E-state index in [1.165, 1.54) is 5.69 Å². The second-order valence-electron chi connectivity index (χ2n) is 4.29. The third kappa shape index (κ3) is 5.19. The van der Waals surface area contributed by atoms with Gasteiger partial charge in [0.05, 0.1) is 0 Å². The Morgan fingerprint density at radius 2 is 1.94 bits per heavy atom. The van der Waals surface area contributed by atoms with Crippen molar-refractivity contribution in [3.63, 3.8) is 0 Å². The lowest BCUT2D eigenvalue weighted by molar-refractivity contribution is -0.121. The Kier molecular flexibility index (Phi) is 6.87. The lowest BCUT2D eigenvalue weighted by Gasteiger charge is -2.22. The van der Waals surface area contributed by atoms with Crippen molar-refractivity contribution in [3.8, 4) is 0 Å². The largest absolute Gasteiger partial charge is 0.372 e.